The molecule has 1 atom stereocenters. The fourth-order valence-corrected chi connectivity index (χ4v) is 3.99. The van der Waals surface area contributed by atoms with Crippen molar-refractivity contribution in [2.75, 3.05) is 18.0 Å². The zero-order valence-electron chi connectivity index (χ0n) is 14.0. The second-order valence-corrected chi connectivity index (χ2v) is 6.92. The van der Waals surface area contributed by atoms with Gasteiger partial charge in [-0.1, -0.05) is 36.4 Å². The van der Waals surface area contributed by atoms with Crippen molar-refractivity contribution in [3.05, 3.63) is 59.8 Å². The van der Waals surface area contributed by atoms with Gasteiger partial charge in [-0.15, -0.1) is 0 Å². The van der Waals surface area contributed by atoms with E-state index in [1.54, 1.807) is 6.07 Å². The molecule has 1 amide bonds. The maximum Gasteiger partial charge on any atom is 0.228 e. The average molecular weight is 332 g/mol. The second-order valence-electron chi connectivity index (χ2n) is 6.92. The number of nitrogens with zero attached hydrogens (tertiary/aromatic N) is 3. The van der Waals surface area contributed by atoms with Gasteiger partial charge in [-0.3, -0.25) is 4.79 Å². The summed E-state index contributed by atoms with van der Waals surface area (Å²) >= 11 is 0. The Hall–Kier alpha value is -2.87. The Morgan fingerprint density at radius 2 is 1.88 bits per heavy atom. The fourth-order valence-electron chi connectivity index (χ4n) is 3.99. The number of benzene rings is 1. The first-order chi connectivity index (χ1) is 12.2. The highest BCUT2D eigenvalue weighted by molar-refractivity contribution is 5.87. The predicted octanol–water partition coefficient (Wildman–Crippen LogP) is 2.60. The third-order valence-corrected chi connectivity index (χ3v) is 5.40. The van der Waals surface area contributed by atoms with Crippen LogP contribution in [0.3, 0.4) is 0 Å². The third-order valence-electron chi connectivity index (χ3n) is 5.40. The summed E-state index contributed by atoms with van der Waals surface area (Å²) in [6, 6.07) is 17.7. The SMILES string of the molecule is N#Cc1cccc(N2CCC3(CC2)CC(c2ccccc2)C(=O)N3)n1. The minimum absolute atomic E-state index is 0.0483. The number of amides is 1. The number of anilines is 1. The topological polar surface area (TPSA) is 69.0 Å². The van der Waals surface area contributed by atoms with Crippen LogP contribution in [-0.2, 0) is 4.79 Å². The molecule has 1 N–H and O–H groups in total. The molecule has 3 heterocycles. The number of nitrogens with one attached hydrogen (secondary N) is 1. The zero-order chi connectivity index (χ0) is 17.3. The number of piperidine rings is 1. The van der Waals surface area contributed by atoms with Crippen LogP contribution >= 0.6 is 0 Å². The molecule has 0 bridgehead atoms. The summed E-state index contributed by atoms with van der Waals surface area (Å²) in [4.78, 5) is 19.1. The van der Waals surface area contributed by atoms with Crippen molar-refractivity contribution >= 4 is 11.7 Å². The van der Waals surface area contributed by atoms with Crippen molar-refractivity contribution in [2.24, 2.45) is 0 Å². The van der Waals surface area contributed by atoms with E-state index in [1.165, 1.54) is 0 Å². The van der Waals surface area contributed by atoms with Gasteiger partial charge in [-0.05, 0) is 37.0 Å². The van der Waals surface area contributed by atoms with Crippen molar-refractivity contribution in [1.29, 1.82) is 5.26 Å². The number of hydrogen-bond donors (Lipinski definition) is 1. The van der Waals surface area contributed by atoms with Gasteiger partial charge in [-0.25, -0.2) is 4.98 Å². The molecule has 25 heavy (non-hydrogen) atoms. The van der Waals surface area contributed by atoms with Gasteiger partial charge in [-0.2, -0.15) is 5.26 Å². The highest BCUT2D eigenvalue weighted by Crippen LogP contribution is 2.39. The molecule has 5 nitrogen and oxygen atoms in total. The molecule has 4 rings (SSSR count). The monoisotopic (exact) mass is 332 g/mol. The van der Waals surface area contributed by atoms with Crippen LogP contribution in [0.15, 0.2) is 48.5 Å². The molecule has 2 aliphatic heterocycles. The summed E-state index contributed by atoms with van der Waals surface area (Å²) < 4.78 is 0. The molecule has 126 valence electrons. The number of carbonyl (C=O) groups is 1. The van der Waals surface area contributed by atoms with Gasteiger partial charge in [0.1, 0.15) is 17.6 Å². The first-order valence-electron chi connectivity index (χ1n) is 8.68. The van der Waals surface area contributed by atoms with Gasteiger partial charge in [0, 0.05) is 18.6 Å². The number of rotatable bonds is 2. The number of pyridine rings is 1. The number of nitriles is 1. The van der Waals surface area contributed by atoms with Crippen molar-refractivity contribution in [2.45, 2.75) is 30.7 Å². The molecule has 1 aromatic carbocycles. The first-order valence-corrected chi connectivity index (χ1v) is 8.68. The van der Waals surface area contributed by atoms with Crippen LogP contribution < -0.4 is 10.2 Å². The summed E-state index contributed by atoms with van der Waals surface area (Å²) in [6.07, 6.45) is 2.66. The van der Waals surface area contributed by atoms with Gasteiger partial charge in [0.05, 0.1) is 5.92 Å². The van der Waals surface area contributed by atoms with Gasteiger partial charge < -0.3 is 10.2 Å². The smallest absolute Gasteiger partial charge is 0.228 e. The van der Waals surface area contributed by atoms with Gasteiger partial charge >= 0.3 is 0 Å². The Morgan fingerprint density at radius 3 is 2.60 bits per heavy atom. The van der Waals surface area contributed by atoms with E-state index in [2.05, 4.69) is 21.3 Å². The molecule has 0 radical (unpaired) electrons. The van der Waals surface area contributed by atoms with E-state index in [9.17, 15) is 4.79 Å². The van der Waals surface area contributed by atoms with Crippen LogP contribution in [0.5, 0.6) is 0 Å². The maximum absolute atomic E-state index is 12.5. The Balaban J connectivity index is 1.46. The molecule has 0 saturated carbocycles. The molecule has 2 fully saturated rings. The molecule has 2 aromatic rings. The molecule has 2 aliphatic rings. The highest BCUT2D eigenvalue weighted by Gasteiger charge is 2.46. The van der Waals surface area contributed by atoms with E-state index in [4.69, 9.17) is 5.26 Å². The van der Waals surface area contributed by atoms with Crippen LogP contribution in [0.4, 0.5) is 5.82 Å². The first kappa shape index (κ1) is 15.6. The molecule has 1 spiro atoms. The van der Waals surface area contributed by atoms with Crippen molar-refractivity contribution in [3.8, 4) is 6.07 Å². The van der Waals surface area contributed by atoms with Crippen LogP contribution in [0, 0.1) is 11.3 Å². The molecule has 1 aromatic heterocycles. The van der Waals surface area contributed by atoms with Crippen LogP contribution in [-0.4, -0.2) is 29.5 Å². The van der Waals surface area contributed by atoms with Crippen molar-refractivity contribution in [1.82, 2.24) is 10.3 Å². The lowest BCUT2D eigenvalue weighted by Gasteiger charge is -2.39. The third kappa shape index (κ3) is 2.96. The summed E-state index contributed by atoms with van der Waals surface area (Å²) in [6.45, 7) is 1.67. The lowest BCUT2D eigenvalue weighted by Crippen LogP contribution is -2.51. The number of carbonyl (C=O) groups excluding carboxylic acids is 1. The maximum atomic E-state index is 12.5. The van der Waals surface area contributed by atoms with Crippen molar-refractivity contribution in [3.63, 3.8) is 0 Å². The lowest BCUT2D eigenvalue weighted by molar-refractivity contribution is -0.121. The normalized spacial score (nSPS) is 21.8. The fraction of sp³-hybridized carbons (Fsp3) is 0.350. The quantitative estimate of drug-likeness (QED) is 0.918. The minimum Gasteiger partial charge on any atom is -0.356 e. The number of aromatic nitrogens is 1. The van der Waals surface area contributed by atoms with Crippen LogP contribution in [0.1, 0.15) is 36.4 Å². The molecule has 0 aliphatic carbocycles. The lowest BCUT2D eigenvalue weighted by atomic mass is 9.82. The summed E-state index contributed by atoms with van der Waals surface area (Å²) in [5.74, 6) is 0.940. The van der Waals surface area contributed by atoms with Crippen LogP contribution in [0.25, 0.3) is 0 Å². The highest BCUT2D eigenvalue weighted by atomic mass is 16.2. The largest absolute Gasteiger partial charge is 0.356 e. The Kier molecular flexibility index (Phi) is 3.89. The average Bonchev–Trinajstić information content (AvgIpc) is 2.99. The molecule has 1 unspecified atom stereocenters. The van der Waals surface area contributed by atoms with E-state index in [0.717, 1.165) is 43.7 Å². The van der Waals surface area contributed by atoms with Crippen LogP contribution in [0.2, 0.25) is 0 Å². The molecular weight excluding hydrogens is 312 g/mol. The van der Waals surface area contributed by atoms with E-state index in [0.29, 0.717) is 5.69 Å². The summed E-state index contributed by atoms with van der Waals surface area (Å²) in [5.41, 5.74) is 1.43. The van der Waals surface area contributed by atoms with Gasteiger partial charge in [0.15, 0.2) is 0 Å². The van der Waals surface area contributed by atoms with E-state index in [-0.39, 0.29) is 17.4 Å². The standard InChI is InChI=1S/C20H20N4O/c21-14-16-7-4-8-18(22-16)24-11-9-20(10-12-24)13-17(19(25)23-20)15-5-2-1-3-6-15/h1-8,17H,9-13H2,(H,23,25). The summed E-state index contributed by atoms with van der Waals surface area (Å²) in [5, 5.41) is 12.3. The Morgan fingerprint density at radius 1 is 1.12 bits per heavy atom. The number of hydrogen-bond acceptors (Lipinski definition) is 4. The predicted molar refractivity (Wildman–Crippen MR) is 95.1 cm³/mol. The van der Waals surface area contributed by atoms with E-state index in [1.807, 2.05) is 42.5 Å². The molecule has 2 saturated heterocycles. The van der Waals surface area contributed by atoms with Gasteiger partial charge in [0.2, 0.25) is 5.91 Å². The van der Waals surface area contributed by atoms with Crippen molar-refractivity contribution < 1.29 is 4.79 Å². The van der Waals surface area contributed by atoms with Gasteiger partial charge in [0.25, 0.3) is 0 Å². The Bertz CT molecular complexity index is 819. The molecule has 5 heteroatoms. The minimum atomic E-state index is -0.110. The molecular formula is C20H20N4O. The zero-order valence-corrected chi connectivity index (χ0v) is 14.0. The second kappa shape index (κ2) is 6.21. The van der Waals surface area contributed by atoms with E-state index < -0.39 is 0 Å². The van der Waals surface area contributed by atoms with E-state index >= 15 is 0 Å². The Labute approximate surface area is 147 Å². The summed E-state index contributed by atoms with van der Waals surface area (Å²) in [7, 11) is 0.